The van der Waals surface area contributed by atoms with Crippen LogP contribution in [0.1, 0.15) is 25.1 Å². The van der Waals surface area contributed by atoms with E-state index in [9.17, 15) is 19.4 Å². The summed E-state index contributed by atoms with van der Waals surface area (Å²) in [6, 6.07) is 2.47. The predicted molar refractivity (Wildman–Crippen MR) is 58.5 cm³/mol. The molecular formula is C11H15FN2O3. The van der Waals surface area contributed by atoms with Crippen molar-refractivity contribution in [2.45, 2.75) is 25.6 Å². The number of pyridine rings is 1. The molecule has 1 amide bonds. The van der Waals surface area contributed by atoms with Crippen LogP contribution < -0.4 is 5.32 Å². The van der Waals surface area contributed by atoms with Crippen LogP contribution in [0.15, 0.2) is 18.3 Å². The zero-order valence-corrected chi connectivity index (χ0v) is 9.43. The molecule has 1 aromatic heterocycles. The molecule has 1 rings (SSSR count). The van der Waals surface area contributed by atoms with Crippen LogP contribution in [0.3, 0.4) is 0 Å². The van der Waals surface area contributed by atoms with Crippen LogP contribution in [-0.4, -0.2) is 33.8 Å². The number of nitrogens with zero attached hydrogens (tertiary/aromatic N) is 1. The van der Waals surface area contributed by atoms with E-state index >= 15 is 0 Å². The highest BCUT2D eigenvalue weighted by atomic mass is 19.1. The maximum absolute atomic E-state index is 12.6. The van der Waals surface area contributed by atoms with E-state index < -0.39 is 18.0 Å². The van der Waals surface area contributed by atoms with Crippen molar-refractivity contribution in [3.8, 4) is 0 Å². The maximum atomic E-state index is 12.6. The highest BCUT2D eigenvalue weighted by molar-refractivity contribution is 5.72. The third kappa shape index (κ3) is 4.46. The lowest BCUT2D eigenvalue weighted by Crippen LogP contribution is -2.28. The zero-order chi connectivity index (χ0) is 12.8. The van der Waals surface area contributed by atoms with Crippen molar-refractivity contribution in [1.29, 1.82) is 0 Å². The summed E-state index contributed by atoms with van der Waals surface area (Å²) >= 11 is 0. The Morgan fingerprint density at radius 2 is 2.24 bits per heavy atom. The largest absolute Gasteiger partial charge is 0.390 e. The van der Waals surface area contributed by atoms with Crippen molar-refractivity contribution in [3.63, 3.8) is 0 Å². The van der Waals surface area contributed by atoms with Crippen molar-refractivity contribution in [2.24, 2.45) is 0 Å². The molecule has 1 aromatic rings. The fourth-order valence-corrected chi connectivity index (χ4v) is 1.31. The highest BCUT2D eigenvalue weighted by Gasteiger charge is 2.19. The number of amides is 1. The van der Waals surface area contributed by atoms with Crippen LogP contribution in [0, 0.1) is 5.82 Å². The molecule has 5 nitrogen and oxygen atoms in total. The third-order valence-electron chi connectivity index (χ3n) is 2.23. The number of hydrogen-bond acceptors (Lipinski definition) is 4. The molecule has 0 aliphatic carbocycles. The molecule has 2 unspecified atom stereocenters. The normalized spacial score (nSPS) is 14.1. The van der Waals surface area contributed by atoms with Gasteiger partial charge in [-0.2, -0.15) is 0 Å². The Bertz CT molecular complexity index is 369. The number of aliphatic hydroxyl groups excluding tert-OH is 2. The third-order valence-corrected chi connectivity index (χ3v) is 2.23. The molecule has 0 fully saturated rings. The van der Waals surface area contributed by atoms with E-state index in [4.69, 9.17) is 0 Å². The summed E-state index contributed by atoms with van der Waals surface area (Å²) in [5.41, 5.74) is 0.196. The molecule has 0 spiro atoms. The minimum atomic E-state index is -1.19. The SMILES string of the molecule is CC(=O)NCCC(O)C(O)c1ccc(F)cn1. The fraction of sp³-hybridized carbons (Fsp3) is 0.455. The molecule has 0 aliphatic rings. The summed E-state index contributed by atoms with van der Waals surface area (Å²) < 4.78 is 12.6. The van der Waals surface area contributed by atoms with Crippen LogP contribution in [0.5, 0.6) is 0 Å². The van der Waals surface area contributed by atoms with Crippen LogP contribution in [-0.2, 0) is 4.79 Å². The smallest absolute Gasteiger partial charge is 0.216 e. The van der Waals surface area contributed by atoms with Crippen molar-refractivity contribution in [3.05, 3.63) is 29.8 Å². The zero-order valence-electron chi connectivity index (χ0n) is 9.43. The van der Waals surface area contributed by atoms with Gasteiger partial charge in [0.2, 0.25) is 5.91 Å². The lowest BCUT2D eigenvalue weighted by molar-refractivity contribution is -0.119. The van der Waals surface area contributed by atoms with Gasteiger partial charge >= 0.3 is 0 Å². The van der Waals surface area contributed by atoms with E-state index in [-0.39, 0.29) is 24.6 Å². The van der Waals surface area contributed by atoms with Gasteiger partial charge in [0.05, 0.1) is 18.0 Å². The molecule has 94 valence electrons. The van der Waals surface area contributed by atoms with E-state index in [0.717, 1.165) is 12.3 Å². The Morgan fingerprint density at radius 3 is 2.76 bits per heavy atom. The fourth-order valence-electron chi connectivity index (χ4n) is 1.31. The van der Waals surface area contributed by atoms with Gasteiger partial charge in [0.1, 0.15) is 11.9 Å². The minimum absolute atomic E-state index is 0.194. The van der Waals surface area contributed by atoms with Gasteiger partial charge in [0.15, 0.2) is 0 Å². The lowest BCUT2D eigenvalue weighted by Gasteiger charge is -2.17. The van der Waals surface area contributed by atoms with E-state index in [2.05, 4.69) is 10.3 Å². The first-order valence-electron chi connectivity index (χ1n) is 5.22. The number of halogens is 1. The van der Waals surface area contributed by atoms with E-state index in [0.29, 0.717) is 0 Å². The van der Waals surface area contributed by atoms with Gasteiger partial charge in [0, 0.05) is 13.5 Å². The van der Waals surface area contributed by atoms with Crippen LogP contribution in [0.2, 0.25) is 0 Å². The summed E-state index contributed by atoms with van der Waals surface area (Å²) in [5, 5.41) is 21.8. The van der Waals surface area contributed by atoms with Crippen molar-refractivity contribution in [2.75, 3.05) is 6.54 Å². The number of nitrogens with one attached hydrogen (secondary N) is 1. The number of aliphatic hydroxyl groups is 2. The second-order valence-electron chi connectivity index (χ2n) is 3.69. The average molecular weight is 242 g/mol. The summed E-state index contributed by atoms with van der Waals surface area (Å²) in [5.74, 6) is -0.708. The first-order valence-corrected chi connectivity index (χ1v) is 5.22. The number of hydrogen-bond donors (Lipinski definition) is 3. The van der Waals surface area contributed by atoms with Crippen LogP contribution in [0.25, 0.3) is 0 Å². The summed E-state index contributed by atoms with van der Waals surface area (Å²) in [7, 11) is 0. The van der Waals surface area contributed by atoms with Crippen molar-refractivity contribution < 1.29 is 19.4 Å². The summed E-state index contributed by atoms with van der Waals surface area (Å²) in [6.07, 6.45) is -1.08. The summed E-state index contributed by atoms with van der Waals surface area (Å²) in [4.78, 5) is 14.3. The Labute approximate surface area is 98.3 Å². The van der Waals surface area contributed by atoms with Gasteiger partial charge in [-0.3, -0.25) is 9.78 Å². The maximum Gasteiger partial charge on any atom is 0.216 e. The molecule has 0 bridgehead atoms. The average Bonchev–Trinajstić information content (AvgIpc) is 2.28. The lowest BCUT2D eigenvalue weighted by atomic mass is 10.1. The van der Waals surface area contributed by atoms with Gasteiger partial charge in [-0.25, -0.2) is 4.39 Å². The molecule has 6 heteroatoms. The number of aromatic nitrogens is 1. The molecule has 3 N–H and O–H groups in total. The number of carbonyl (C=O) groups is 1. The van der Waals surface area contributed by atoms with E-state index in [1.807, 2.05) is 0 Å². The molecule has 0 aliphatic heterocycles. The molecule has 1 heterocycles. The Hall–Kier alpha value is -1.53. The number of carbonyl (C=O) groups excluding carboxylic acids is 1. The van der Waals surface area contributed by atoms with Crippen LogP contribution in [0.4, 0.5) is 4.39 Å². The number of rotatable bonds is 5. The van der Waals surface area contributed by atoms with Gasteiger partial charge in [-0.1, -0.05) is 0 Å². The van der Waals surface area contributed by atoms with E-state index in [1.54, 1.807) is 0 Å². The molecule has 0 saturated heterocycles. The second-order valence-corrected chi connectivity index (χ2v) is 3.69. The molecule has 17 heavy (non-hydrogen) atoms. The Morgan fingerprint density at radius 1 is 1.53 bits per heavy atom. The van der Waals surface area contributed by atoms with Crippen LogP contribution >= 0.6 is 0 Å². The molecule has 2 atom stereocenters. The first kappa shape index (κ1) is 13.5. The van der Waals surface area contributed by atoms with Gasteiger partial charge in [0.25, 0.3) is 0 Å². The van der Waals surface area contributed by atoms with Crippen molar-refractivity contribution in [1.82, 2.24) is 10.3 Å². The molecule has 0 saturated carbocycles. The molecule has 0 aromatic carbocycles. The van der Waals surface area contributed by atoms with Crippen molar-refractivity contribution >= 4 is 5.91 Å². The quantitative estimate of drug-likeness (QED) is 0.686. The highest BCUT2D eigenvalue weighted by Crippen LogP contribution is 2.16. The van der Waals surface area contributed by atoms with E-state index in [1.165, 1.54) is 13.0 Å². The Balaban J connectivity index is 2.48. The first-order chi connectivity index (χ1) is 8.00. The van der Waals surface area contributed by atoms with Gasteiger partial charge in [-0.15, -0.1) is 0 Å². The predicted octanol–water partition coefficient (Wildman–Crippen LogP) is 0.141. The minimum Gasteiger partial charge on any atom is -0.390 e. The second kappa shape index (κ2) is 6.27. The van der Waals surface area contributed by atoms with Gasteiger partial charge < -0.3 is 15.5 Å². The summed E-state index contributed by atoms with van der Waals surface area (Å²) in [6.45, 7) is 1.62. The molecular weight excluding hydrogens is 227 g/mol. The van der Waals surface area contributed by atoms with Gasteiger partial charge in [-0.05, 0) is 18.6 Å². The topological polar surface area (TPSA) is 82.5 Å². The Kier molecular flexibility index (Phi) is 4.99. The monoisotopic (exact) mass is 242 g/mol. The molecule has 0 radical (unpaired) electrons. The standard InChI is InChI=1S/C11H15FN2O3/c1-7(15)13-5-4-10(16)11(17)9-3-2-8(12)6-14-9/h2-3,6,10-11,16-17H,4-5H2,1H3,(H,13,15).